The number of hydrogen-bond donors (Lipinski definition) is 3. The summed E-state index contributed by atoms with van der Waals surface area (Å²) in [6, 6.07) is 11.7. The van der Waals surface area contributed by atoms with Gasteiger partial charge in [-0.05, 0) is 37.1 Å². The molecule has 1 aliphatic rings. The lowest BCUT2D eigenvalue weighted by Crippen LogP contribution is -2.51. The van der Waals surface area contributed by atoms with E-state index in [1.54, 1.807) is 26.3 Å². The number of halogens is 1. The van der Waals surface area contributed by atoms with Gasteiger partial charge in [-0.15, -0.1) is 24.0 Å². The van der Waals surface area contributed by atoms with E-state index in [1.807, 2.05) is 12.1 Å². The number of piperidine rings is 1. The van der Waals surface area contributed by atoms with Crippen molar-refractivity contribution in [1.82, 2.24) is 10.6 Å². The quantitative estimate of drug-likeness (QED) is 0.311. The molecule has 0 bridgehead atoms. The molecule has 1 aliphatic heterocycles. The zero-order valence-electron chi connectivity index (χ0n) is 16.7. The van der Waals surface area contributed by atoms with Gasteiger partial charge in [0.05, 0.1) is 13.7 Å². The maximum absolute atomic E-state index is 11.1. The Morgan fingerprint density at radius 3 is 2.90 bits per heavy atom. The Kier molecular flexibility index (Phi) is 8.62. The Balaban J connectivity index is 0.00000300. The van der Waals surface area contributed by atoms with Crippen molar-refractivity contribution in [2.45, 2.75) is 25.4 Å². The summed E-state index contributed by atoms with van der Waals surface area (Å²) in [4.78, 5) is 17.8. The van der Waals surface area contributed by atoms with E-state index < -0.39 is 5.91 Å². The molecule has 0 spiro atoms. The molecule has 2 heterocycles. The molecule has 8 nitrogen and oxygen atoms in total. The standard InChI is InChI=1S/C20H27N5O3.HI/c1-22-20(23-12-17-8-9-18(28-17)19(21)26)24-14-5-4-10-25(13-14)15-6-3-7-16(11-15)27-2;/h3,6-9,11,14H,4-5,10,12-13H2,1-2H3,(H2,21,26)(H2,22,23,24);1H. The number of anilines is 1. The van der Waals surface area contributed by atoms with Crippen LogP contribution in [0.2, 0.25) is 0 Å². The maximum Gasteiger partial charge on any atom is 0.284 e. The smallest absolute Gasteiger partial charge is 0.284 e. The number of amides is 1. The number of benzene rings is 1. The number of nitrogens with two attached hydrogens (primary N) is 1. The number of furan rings is 1. The van der Waals surface area contributed by atoms with Gasteiger partial charge >= 0.3 is 0 Å². The van der Waals surface area contributed by atoms with Crippen molar-refractivity contribution in [2.24, 2.45) is 10.7 Å². The minimum absolute atomic E-state index is 0. The third-order valence-corrected chi connectivity index (χ3v) is 4.74. The summed E-state index contributed by atoms with van der Waals surface area (Å²) >= 11 is 0. The number of nitrogens with one attached hydrogen (secondary N) is 2. The van der Waals surface area contributed by atoms with Gasteiger partial charge in [-0.2, -0.15) is 0 Å². The summed E-state index contributed by atoms with van der Waals surface area (Å²) in [5.41, 5.74) is 6.37. The molecule has 3 rings (SSSR count). The van der Waals surface area contributed by atoms with Gasteiger partial charge in [0.2, 0.25) is 0 Å². The Labute approximate surface area is 187 Å². The molecule has 0 radical (unpaired) electrons. The molecule has 0 aliphatic carbocycles. The molecule has 29 heavy (non-hydrogen) atoms. The minimum Gasteiger partial charge on any atom is -0.497 e. The van der Waals surface area contributed by atoms with Crippen LogP contribution in [0.15, 0.2) is 45.8 Å². The molecule has 4 N–H and O–H groups in total. The maximum atomic E-state index is 11.1. The predicted molar refractivity (Wildman–Crippen MR) is 124 cm³/mol. The van der Waals surface area contributed by atoms with Crippen molar-refractivity contribution in [3.05, 3.63) is 47.9 Å². The summed E-state index contributed by atoms with van der Waals surface area (Å²) in [7, 11) is 3.41. The number of rotatable bonds is 6. The highest BCUT2D eigenvalue weighted by molar-refractivity contribution is 14.0. The third-order valence-electron chi connectivity index (χ3n) is 4.74. The molecule has 1 fully saturated rings. The zero-order valence-corrected chi connectivity index (χ0v) is 19.0. The van der Waals surface area contributed by atoms with Gasteiger partial charge in [0.25, 0.3) is 5.91 Å². The van der Waals surface area contributed by atoms with Crippen LogP contribution >= 0.6 is 24.0 Å². The number of aliphatic imine (C=N–C) groups is 1. The highest BCUT2D eigenvalue weighted by atomic mass is 127. The number of carbonyl (C=O) groups is 1. The number of methoxy groups -OCH3 is 1. The summed E-state index contributed by atoms with van der Waals surface area (Å²) in [5.74, 6) is 1.75. The monoisotopic (exact) mass is 513 g/mol. The first-order valence-electron chi connectivity index (χ1n) is 9.33. The normalized spacial score (nSPS) is 16.7. The van der Waals surface area contributed by atoms with Gasteiger partial charge in [-0.3, -0.25) is 9.79 Å². The fourth-order valence-electron chi connectivity index (χ4n) is 3.30. The molecule has 158 valence electrons. The fraction of sp³-hybridized carbons (Fsp3) is 0.400. The van der Waals surface area contributed by atoms with Crippen LogP contribution in [0.1, 0.15) is 29.2 Å². The van der Waals surface area contributed by atoms with Gasteiger partial charge in [0, 0.05) is 37.9 Å². The molecule has 1 aromatic heterocycles. The van der Waals surface area contributed by atoms with E-state index in [1.165, 1.54) is 0 Å². The van der Waals surface area contributed by atoms with E-state index in [0.29, 0.717) is 18.3 Å². The van der Waals surface area contributed by atoms with Gasteiger partial charge < -0.3 is 30.4 Å². The van der Waals surface area contributed by atoms with Crippen molar-refractivity contribution >= 4 is 41.5 Å². The molecular formula is C20H28IN5O3. The highest BCUT2D eigenvalue weighted by Gasteiger charge is 2.21. The van der Waals surface area contributed by atoms with Crippen LogP contribution in [-0.2, 0) is 6.54 Å². The number of nitrogens with zero attached hydrogens (tertiary/aromatic N) is 2. The van der Waals surface area contributed by atoms with Gasteiger partial charge in [0.1, 0.15) is 11.5 Å². The van der Waals surface area contributed by atoms with Crippen molar-refractivity contribution in [1.29, 1.82) is 0 Å². The van der Waals surface area contributed by atoms with Crippen molar-refractivity contribution in [3.8, 4) is 5.75 Å². The van der Waals surface area contributed by atoms with Gasteiger partial charge in [-0.25, -0.2) is 0 Å². The fourth-order valence-corrected chi connectivity index (χ4v) is 3.30. The molecular weight excluding hydrogens is 485 g/mol. The first kappa shape index (κ1) is 22.9. The molecule has 1 aromatic carbocycles. The average molecular weight is 513 g/mol. The number of guanidine groups is 1. The van der Waals surface area contributed by atoms with Crippen LogP contribution in [0.4, 0.5) is 5.69 Å². The lowest BCUT2D eigenvalue weighted by atomic mass is 10.0. The minimum atomic E-state index is -0.575. The Morgan fingerprint density at radius 1 is 1.38 bits per heavy atom. The van der Waals surface area contributed by atoms with Crippen LogP contribution in [-0.4, -0.2) is 45.2 Å². The molecule has 9 heteroatoms. The van der Waals surface area contributed by atoms with E-state index in [9.17, 15) is 4.79 Å². The number of ether oxygens (including phenoxy) is 1. The van der Waals surface area contributed by atoms with Crippen LogP contribution in [0.25, 0.3) is 0 Å². The molecule has 2 aromatic rings. The van der Waals surface area contributed by atoms with Crippen LogP contribution in [0, 0.1) is 0 Å². The number of hydrogen-bond acceptors (Lipinski definition) is 5. The summed E-state index contributed by atoms with van der Waals surface area (Å²) < 4.78 is 10.7. The average Bonchev–Trinajstić information content (AvgIpc) is 3.21. The van der Waals surface area contributed by atoms with E-state index in [2.05, 4.69) is 32.7 Å². The van der Waals surface area contributed by atoms with Crippen LogP contribution in [0.3, 0.4) is 0 Å². The van der Waals surface area contributed by atoms with E-state index >= 15 is 0 Å². The summed E-state index contributed by atoms with van der Waals surface area (Å²) in [5, 5.41) is 6.68. The lowest BCUT2D eigenvalue weighted by molar-refractivity contribution is 0.0972. The first-order chi connectivity index (χ1) is 13.6. The highest BCUT2D eigenvalue weighted by Crippen LogP contribution is 2.24. The van der Waals surface area contributed by atoms with Crippen molar-refractivity contribution in [3.63, 3.8) is 0 Å². The van der Waals surface area contributed by atoms with Crippen molar-refractivity contribution in [2.75, 3.05) is 32.1 Å². The Bertz CT molecular complexity index is 839. The second-order valence-electron chi connectivity index (χ2n) is 6.69. The van der Waals surface area contributed by atoms with Crippen molar-refractivity contribution < 1.29 is 13.9 Å². The van der Waals surface area contributed by atoms with E-state index in [4.69, 9.17) is 14.9 Å². The molecule has 1 unspecified atom stereocenters. The molecule has 1 saturated heterocycles. The number of primary amides is 1. The third kappa shape index (κ3) is 6.28. The summed E-state index contributed by atoms with van der Waals surface area (Å²) in [6.45, 7) is 2.30. The number of carbonyl (C=O) groups excluding carboxylic acids is 1. The second-order valence-corrected chi connectivity index (χ2v) is 6.69. The van der Waals surface area contributed by atoms with E-state index in [0.717, 1.165) is 37.4 Å². The van der Waals surface area contributed by atoms with E-state index in [-0.39, 0.29) is 35.8 Å². The van der Waals surface area contributed by atoms with Gasteiger partial charge in [0.15, 0.2) is 11.7 Å². The molecule has 0 saturated carbocycles. The molecule has 1 amide bonds. The Hall–Kier alpha value is -2.43. The largest absolute Gasteiger partial charge is 0.497 e. The predicted octanol–water partition coefficient (Wildman–Crippen LogP) is 2.34. The Morgan fingerprint density at radius 2 is 2.21 bits per heavy atom. The van der Waals surface area contributed by atoms with Crippen LogP contribution in [0.5, 0.6) is 5.75 Å². The SMILES string of the molecule is CN=C(NCc1ccc(C(N)=O)o1)NC1CCCN(c2cccc(OC)c2)C1.I. The van der Waals surface area contributed by atoms with Gasteiger partial charge in [-0.1, -0.05) is 6.07 Å². The first-order valence-corrected chi connectivity index (χ1v) is 9.33. The second kappa shape index (κ2) is 10.9. The summed E-state index contributed by atoms with van der Waals surface area (Å²) in [6.07, 6.45) is 2.15. The lowest BCUT2D eigenvalue weighted by Gasteiger charge is -2.35. The van der Waals surface area contributed by atoms with Crippen LogP contribution < -0.4 is 26.0 Å². The topological polar surface area (TPSA) is 105 Å². The molecule has 1 atom stereocenters. The zero-order chi connectivity index (χ0) is 19.9.